The Morgan fingerprint density at radius 3 is 2.35 bits per heavy atom. The van der Waals surface area contributed by atoms with Crippen molar-refractivity contribution in [3.05, 3.63) is 35.9 Å². The fourth-order valence-corrected chi connectivity index (χ4v) is 5.66. The first-order valence-electron chi connectivity index (χ1n) is 10.9. The molecule has 2 atom stereocenters. The summed E-state index contributed by atoms with van der Waals surface area (Å²) >= 11 is 0. The summed E-state index contributed by atoms with van der Waals surface area (Å²) in [6.07, 6.45) is 11.0. The second kappa shape index (κ2) is 8.67. The van der Waals surface area contributed by atoms with Gasteiger partial charge in [0.05, 0.1) is 6.04 Å². The zero-order chi connectivity index (χ0) is 17.8. The summed E-state index contributed by atoms with van der Waals surface area (Å²) in [6.45, 7) is 3.33. The van der Waals surface area contributed by atoms with E-state index in [0.717, 1.165) is 26.1 Å². The van der Waals surface area contributed by atoms with Gasteiger partial charge in [0, 0.05) is 12.0 Å². The van der Waals surface area contributed by atoms with E-state index >= 15 is 0 Å². The molecule has 1 aromatic rings. The van der Waals surface area contributed by atoms with Crippen molar-refractivity contribution in [2.24, 2.45) is 5.92 Å². The van der Waals surface area contributed by atoms with Gasteiger partial charge < -0.3 is 5.32 Å². The zero-order valence-electron chi connectivity index (χ0n) is 16.0. The Morgan fingerprint density at radius 2 is 1.62 bits per heavy atom. The molecule has 142 valence electrons. The Hall–Kier alpha value is -1.19. The van der Waals surface area contributed by atoms with Gasteiger partial charge in [-0.2, -0.15) is 0 Å². The van der Waals surface area contributed by atoms with Crippen LogP contribution in [0.3, 0.4) is 0 Å². The van der Waals surface area contributed by atoms with Gasteiger partial charge in [0.15, 0.2) is 5.78 Å². The molecular weight excluding hydrogens is 320 g/mol. The summed E-state index contributed by atoms with van der Waals surface area (Å²) in [7, 11) is 0. The van der Waals surface area contributed by atoms with E-state index < -0.39 is 0 Å². The lowest BCUT2D eigenvalue weighted by molar-refractivity contribution is -0.129. The van der Waals surface area contributed by atoms with E-state index in [-0.39, 0.29) is 12.0 Å². The van der Waals surface area contributed by atoms with Crippen LogP contribution in [-0.4, -0.2) is 42.4 Å². The molecule has 0 spiro atoms. The largest absolute Gasteiger partial charge is 0.317 e. The number of nitrogens with one attached hydrogen (secondary N) is 1. The van der Waals surface area contributed by atoms with Crippen LogP contribution in [0.15, 0.2) is 30.3 Å². The van der Waals surface area contributed by atoms with Crippen LogP contribution < -0.4 is 5.32 Å². The molecule has 0 bridgehead atoms. The number of rotatable bonds is 5. The summed E-state index contributed by atoms with van der Waals surface area (Å²) in [5, 5.41) is 3.48. The van der Waals surface area contributed by atoms with E-state index in [1.54, 1.807) is 0 Å². The van der Waals surface area contributed by atoms with Gasteiger partial charge in [0.2, 0.25) is 0 Å². The van der Waals surface area contributed by atoms with Crippen LogP contribution >= 0.6 is 0 Å². The number of benzene rings is 1. The average Bonchev–Trinajstić information content (AvgIpc) is 3.24. The Morgan fingerprint density at radius 1 is 0.923 bits per heavy atom. The van der Waals surface area contributed by atoms with Crippen LogP contribution in [0.5, 0.6) is 0 Å². The molecule has 1 unspecified atom stereocenters. The first-order valence-corrected chi connectivity index (χ1v) is 10.9. The average molecular weight is 355 g/mol. The lowest BCUT2D eigenvalue weighted by Gasteiger charge is -2.43. The molecule has 0 radical (unpaired) electrons. The second-order valence-electron chi connectivity index (χ2n) is 8.57. The van der Waals surface area contributed by atoms with Crippen molar-refractivity contribution < 1.29 is 4.79 Å². The van der Waals surface area contributed by atoms with Gasteiger partial charge in [-0.05, 0) is 69.6 Å². The Balaban J connectivity index is 1.58. The summed E-state index contributed by atoms with van der Waals surface area (Å²) in [6, 6.07) is 11.4. The van der Waals surface area contributed by atoms with Crippen molar-refractivity contribution >= 4 is 5.78 Å². The van der Waals surface area contributed by atoms with E-state index in [2.05, 4.69) is 40.5 Å². The highest BCUT2D eigenvalue weighted by Gasteiger charge is 2.40. The van der Waals surface area contributed by atoms with Gasteiger partial charge in [-0.3, -0.25) is 9.69 Å². The van der Waals surface area contributed by atoms with Crippen LogP contribution in [0.25, 0.3) is 0 Å². The van der Waals surface area contributed by atoms with Gasteiger partial charge in [-0.25, -0.2) is 0 Å². The van der Waals surface area contributed by atoms with Gasteiger partial charge in [0.1, 0.15) is 0 Å². The number of carbonyl (C=O) groups is 1. The Labute approximate surface area is 158 Å². The van der Waals surface area contributed by atoms with E-state index in [1.165, 1.54) is 56.9 Å². The normalized spacial score (nSPS) is 27.5. The van der Waals surface area contributed by atoms with Crippen LogP contribution in [0, 0.1) is 5.92 Å². The first-order chi connectivity index (χ1) is 12.8. The van der Waals surface area contributed by atoms with Gasteiger partial charge in [0.25, 0.3) is 0 Å². The van der Waals surface area contributed by atoms with Gasteiger partial charge in [-0.15, -0.1) is 0 Å². The number of ketones is 1. The molecule has 26 heavy (non-hydrogen) atoms. The summed E-state index contributed by atoms with van der Waals surface area (Å²) < 4.78 is 0. The number of Topliss-reactive ketones (excluding diaryl/α,β-unsaturated/α-hetero) is 1. The molecule has 3 fully saturated rings. The minimum atomic E-state index is 0.117. The minimum Gasteiger partial charge on any atom is -0.317 e. The number of hydrogen-bond donors (Lipinski definition) is 1. The number of hydrogen-bond acceptors (Lipinski definition) is 3. The van der Waals surface area contributed by atoms with Crippen molar-refractivity contribution in [1.29, 1.82) is 0 Å². The summed E-state index contributed by atoms with van der Waals surface area (Å²) in [5.41, 5.74) is 1.26. The third-order valence-corrected chi connectivity index (χ3v) is 6.99. The predicted octanol–water partition coefficient (Wildman–Crippen LogP) is 4.14. The van der Waals surface area contributed by atoms with Crippen molar-refractivity contribution in [2.45, 2.75) is 75.8 Å². The maximum Gasteiger partial charge on any atom is 0.157 e. The third kappa shape index (κ3) is 3.89. The molecule has 2 aliphatic heterocycles. The fraction of sp³-hybridized carbons (Fsp3) is 0.696. The van der Waals surface area contributed by atoms with Crippen LogP contribution in [-0.2, 0) is 4.79 Å². The predicted molar refractivity (Wildman–Crippen MR) is 106 cm³/mol. The van der Waals surface area contributed by atoms with Crippen molar-refractivity contribution in [1.82, 2.24) is 10.2 Å². The van der Waals surface area contributed by atoms with Crippen LogP contribution in [0.1, 0.15) is 69.3 Å². The van der Waals surface area contributed by atoms with Crippen molar-refractivity contribution in [3.8, 4) is 0 Å². The summed E-state index contributed by atoms with van der Waals surface area (Å²) in [5.74, 6) is 1.20. The molecule has 2 heterocycles. The molecular formula is C23H34N2O. The fourth-order valence-electron chi connectivity index (χ4n) is 5.66. The molecule has 1 aliphatic carbocycles. The smallest absolute Gasteiger partial charge is 0.157 e. The number of likely N-dealkylation sites (tertiary alicyclic amines) is 1. The highest BCUT2D eigenvalue weighted by molar-refractivity contribution is 5.91. The topological polar surface area (TPSA) is 32.3 Å². The number of carbonyl (C=O) groups excluding carboxylic acids is 1. The van der Waals surface area contributed by atoms with Crippen LogP contribution in [0.2, 0.25) is 0 Å². The monoisotopic (exact) mass is 354 g/mol. The van der Waals surface area contributed by atoms with E-state index in [9.17, 15) is 4.79 Å². The van der Waals surface area contributed by atoms with Crippen molar-refractivity contribution in [2.75, 3.05) is 19.6 Å². The second-order valence-corrected chi connectivity index (χ2v) is 8.57. The maximum atomic E-state index is 13.9. The lowest BCUT2D eigenvalue weighted by atomic mass is 9.77. The number of piperidine rings is 2. The third-order valence-electron chi connectivity index (χ3n) is 6.99. The van der Waals surface area contributed by atoms with E-state index in [4.69, 9.17) is 0 Å². The molecule has 3 nitrogen and oxygen atoms in total. The standard InChI is InChI=1S/C23H34N2O/c26-23(21-12-6-7-17-25(21)20-13-15-24-16-14-20)22(19-10-4-5-11-19)18-8-2-1-3-9-18/h1-3,8-9,19-22,24H,4-7,10-17H2/t21-,22?/m1/s1. The molecule has 1 saturated carbocycles. The van der Waals surface area contributed by atoms with E-state index in [1.807, 2.05) is 0 Å². The Bertz CT molecular complexity index is 575. The maximum absolute atomic E-state index is 13.9. The quantitative estimate of drug-likeness (QED) is 0.863. The first kappa shape index (κ1) is 18.2. The minimum absolute atomic E-state index is 0.117. The highest BCUT2D eigenvalue weighted by atomic mass is 16.1. The Kier molecular flexibility index (Phi) is 6.06. The molecule has 0 amide bonds. The molecule has 3 aliphatic rings. The van der Waals surface area contributed by atoms with E-state index in [0.29, 0.717) is 17.7 Å². The zero-order valence-corrected chi connectivity index (χ0v) is 16.0. The summed E-state index contributed by atoms with van der Waals surface area (Å²) in [4.78, 5) is 16.5. The lowest BCUT2D eigenvalue weighted by Crippen LogP contribution is -2.54. The molecule has 0 aromatic heterocycles. The van der Waals surface area contributed by atoms with Gasteiger partial charge >= 0.3 is 0 Å². The van der Waals surface area contributed by atoms with Crippen molar-refractivity contribution in [3.63, 3.8) is 0 Å². The molecule has 2 saturated heterocycles. The number of nitrogens with zero attached hydrogens (tertiary/aromatic N) is 1. The molecule has 4 rings (SSSR count). The SMILES string of the molecule is O=C(C(c1ccccc1)C1CCCC1)[C@H]1CCCCN1C1CCNCC1. The molecule has 3 heteroatoms. The molecule has 1 N–H and O–H groups in total. The molecule has 1 aromatic carbocycles. The highest BCUT2D eigenvalue weighted by Crippen LogP contribution is 2.40. The van der Waals surface area contributed by atoms with Crippen LogP contribution in [0.4, 0.5) is 0 Å². The van der Waals surface area contributed by atoms with Gasteiger partial charge in [-0.1, -0.05) is 49.6 Å².